The molecule has 14 heavy (non-hydrogen) atoms. The van der Waals surface area contributed by atoms with Gasteiger partial charge in [0, 0.05) is 18.5 Å². The van der Waals surface area contributed by atoms with Crippen molar-refractivity contribution in [2.24, 2.45) is 0 Å². The van der Waals surface area contributed by atoms with E-state index in [0.29, 0.717) is 16.4 Å². The molecule has 0 aliphatic carbocycles. The molecule has 0 aliphatic rings. The molecule has 0 aromatic carbocycles. The van der Waals surface area contributed by atoms with E-state index in [4.69, 9.17) is 16.9 Å². The summed E-state index contributed by atoms with van der Waals surface area (Å²) in [6.07, 6.45) is 3.61. The molecule has 0 amide bonds. The highest BCUT2D eigenvalue weighted by Crippen LogP contribution is 2.22. The summed E-state index contributed by atoms with van der Waals surface area (Å²) in [7, 11) is 0. The van der Waals surface area contributed by atoms with Gasteiger partial charge in [0.1, 0.15) is 16.9 Å². The fraction of sp³-hybridized carbons (Fsp3) is 0.333. The van der Waals surface area contributed by atoms with E-state index in [0.717, 1.165) is 12.3 Å². The van der Waals surface area contributed by atoms with Crippen LogP contribution in [0.5, 0.6) is 0 Å². The van der Waals surface area contributed by atoms with E-state index in [1.165, 1.54) is 0 Å². The number of aromatic nitrogens is 1. The predicted octanol–water partition coefficient (Wildman–Crippen LogP) is 2.38. The fourth-order valence-electron chi connectivity index (χ4n) is 0.925. The molecule has 1 aromatic heterocycles. The Hall–Kier alpha value is -0.920. The van der Waals surface area contributed by atoms with E-state index >= 15 is 0 Å². The normalized spacial score (nSPS) is 9.50. The van der Waals surface area contributed by atoms with E-state index in [9.17, 15) is 0 Å². The molecule has 1 aromatic rings. The zero-order valence-corrected chi connectivity index (χ0v) is 9.32. The smallest absolute Gasteiger partial charge is 0.146 e. The van der Waals surface area contributed by atoms with Crippen LogP contribution in [-0.4, -0.2) is 23.5 Å². The minimum atomic E-state index is 0.399. The highest BCUT2D eigenvalue weighted by molar-refractivity contribution is 7.98. The summed E-state index contributed by atoms with van der Waals surface area (Å²) in [6, 6.07) is 3.61. The summed E-state index contributed by atoms with van der Waals surface area (Å²) in [4.78, 5) is 4.06. The monoisotopic (exact) mass is 227 g/mol. The van der Waals surface area contributed by atoms with Crippen LogP contribution in [0.2, 0.25) is 5.02 Å². The molecule has 0 radical (unpaired) electrons. The van der Waals surface area contributed by atoms with E-state index in [1.807, 2.05) is 12.3 Å². The van der Waals surface area contributed by atoms with Gasteiger partial charge >= 0.3 is 0 Å². The highest BCUT2D eigenvalue weighted by Gasteiger charge is 2.05. The molecule has 0 saturated carbocycles. The van der Waals surface area contributed by atoms with E-state index < -0.39 is 0 Å². The maximum Gasteiger partial charge on any atom is 0.146 e. The van der Waals surface area contributed by atoms with Gasteiger partial charge in [0.05, 0.1) is 5.56 Å². The Morgan fingerprint density at radius 1 is 1.71 bits per heavy atom. The van der Waals surface area contributed by atoms with Gasteiger partial charge in [-0.15, -0.1) is 0 Å². The summed E-state index contributed by atoms with van der Waals surface area (Å²) in [5.74, 6) is 1.56. The molecule has 0 fully saturated rings. The van der Waals surface area contributed by atoms with E-state index in [-0.39, 0.29) is 0 Å². The standard InChI is InChI=1S/C9H10ClN3S/c1-14-5-4-13-9-8(10)7(6-11)2-3-12-9/h2-3H,4-5H2,1H3,(H,12,13). The van der Waals surface area contributed by atoms with Crippen molar-refractivity contribution in [2.45, 2.75) is 0 Å². The van der Waals surface area contributed by atoms with Crippen LogP contribution in [-0.2, 0) is 0 Å². The first kappa shape index (κ1) is 11.2. The van der Waals surface area contributed by atoms with Crippen LogP contribution < -0.4 is 5.32 Å². The largest absolute Gasteiger partial charge is 0.368 e. The number of rotatable bonds is 4. The molecule has 0 spiro atoms. The van der Waals surface area contributed by atoms with Gasteiger partial charge in [-0.05, 0) is 12.3 Å². The zero-order valence-electron chi connectivity index (χ0n) is 7.75. The first-order chi connectivity index (χ1) is 6.79. The molecule has 1 heterocycles. The van der Waals surface area contributed by atoms with Gasteiger partial charge < -0.3 is 5.32 Å². The molecular formula is C9H10ClN3S. The fourth-order valence-corrected chi connectivity index (χ4v) is 1.45. The molecule has 5 heteroatoms. The van der Waals surface area contributed by atoms with Crippen molar-refractivity contribution < 1.29 is 0 Å². The van der Waals surface area contributed by atoms with Gasteiger partial charge in [-0.1, -0.05) is 11.6 Å². The van der Waals surface area contributed by atoms with Gasteiger partial charge in [0.25, 0.3) is 0 Å². The SMILES string of the molecule is CSCCNc1nccc(C#N)c1Cl. The second kappa shape index (κ2) is 5.74. The number of nitriles is 1. The predicted molar refractivity (Wildman–Crippen MR) is 60.8 cm³/mol. The first-order valence-corrected chi connectivity index (χ1v) is 5.84. The number of nitrogens with zero attached hydrogens (tertiary/aromatic N) is 2. The molecule has 0 atom stereocenters. The van der Waals surface area contributed by atoms with Gasteiger partial charge in [-0.2, -0.15) is 17.0 Å². The Bertz CT molecular complexity index is 348. The van der Waals surface area contributed by atoms with Crippen molar-refractivity contribution in [1.82, 2.24) is 4.98 Å². The Kier molecular flexibility index (Phi) is 4.57. The topological polar surface area (TPSA) is 48.7 Å². The third kappa shape index (κ3) is 2.79. The third-order valence-electron chi connectivity index (χ3n) is 1.61. The number of nitrogens with one attached hydrogen (secondary N) is 1. The van der Waals surface area contributed by atoms with E-state index in [1.54, 1.807) is 24.0 Å². The second-order valence-electron chi connectivity index (χ2n) is 2.55. The molecule has 0 unspecified atom stereocenters. The minimum absolute atomic E-state index is 0.399. The van der Waals surface area contributed by atoms with Crippen LogP contribution in [0.15, 0.2) is 12.3 Å². The number of pyridine rings is 1. The summed E-state index contributed by atoms with van der Waals surface area (Å²) in [6.45, 7) is 0.794. The van der Waals surface area contributed by atoms with Crippen LogP contribution in [0, 0.1) is 11.3 Å². The first-order valence-electron chi connectivity index (χ1n) is 4.07. The quantitative estimate of drug-likeness (QED) is 0.803. The molecule has 74 valence electrons. The van der Waals surface area contributed by atoms with Crippen molar-refractivity contribution in [2.75, 3.05) is 23.9 Å². The average molecular weight is 228 g/mol. The number of anilines is 1. The maximum absolute atomic E-state index is 8.72. The van der Waals surface area contributed by atoms with Crippen LogP contribution >= 0.6 is 23.4 Å². The van der Waals surface area contributed by atoms with Crippen LogP contribution in [0.25, 0.3) is 0 Å². The Morgan fingerprint density at radius 2 is 2.50 bits per heavy atom. The van der Waals surface area contributed by atoms with Gasteiger partial charge in [-0.25, -0.2) is 4.98 Å². The lowest BCUT2D eigenvalue weighted by Gasteiger charge is -2.06. The molecule has 1 rings (SSSR count). The Labute approximate surface area is 92.5 Å². The number of thioether (sulfide) groups is 1. The van der Waals surface area contributed by atoms with Crippen LogP contribution in [0.1, 0.15) is 5.56 Å². The van der Waals surface area contributed by atoms with Crippen molar-refractivity contribution in [3.63, 3.8) is 0 Å². The Morgan fingerprint density at radius 3 is 3.14 bits per heavy atom. The molecule has 0 saturated heterocycles. The second-order valence-corrected chi connectivity index (χ2v) is 3.92. The van der Waals surface area contributed by atoms with Crippen molar-refractivity contribution in [3.05, 3.63) is 22.8 Å². The lowest BCUT2D eigenvalue weighted by Crippen LogP contribution is -2.06. The summed E-state index contributed by atoms with van der Waals surface area (Å²) in [5, 5.41) is 12.2. The molecular weight excluding hydrogens is 218 g/mol. The summed E-state index contributed by atoms with van der Waals surface area (Å²) in [5.41, 5.74) is 0.452. The van der Waals surface area contributed by atoms with E-state index in [2.05, 4.69) is 10.3 Å². The van der Waals surface area contributed by atoms with Crippen molar-refractivity contribution in [3.8, 4) is 6.07 Å². The van der Waals surface area contributed by atoms with Gasteiger partial charge in [-0.3, -0.25) is 0 Å². The Balaban J connectivity index is 2.73. The minimum Gasteiger partial charge on any atom is -0.368 e. The summed E-state index contributed by atoms with van der Waals surface area (Å²) < 4.78 is 0. The average Bonchev–Trinajstić information content (AvgIpc) is 2.21. The number of hydrogen-bond donors (Lipinski definition) is 1. The van der Waals surface area contributed by atoms with Gasteiger partial charge in [0.2, 0.25) is 0 Å². The van der Waals surface area contributed by atoms with Crippen molar-refractivity contribution in [1.29, 1.82) is 5.26 Å². The third-order valence-corrected chi connectivity index (χ3v) is 2.60. The summed E-state index contributed by atoms with van der Waals surface area (Å²) >= 11 is 7.67. The molecule has 0 aliphatic heterocycles. The van der Waals surface area contributed by atoms with Crippen LogP contribution in [0.4, 0.5) is 5.82 Å². The highest BCUT2D eigenvalue weighted by atomic mass is 35.5. The van der Waals surface area contributed by atoms with Gasteiger partial charge in [0.15, 0.2) is 0 Å². The number of halogens is 1. The maximum atomic E-state index is 8.72. The van der Waals surface area contributed by atoms with Crippen molar-refractivity contribution >= 4 is 29.2 Å². The number of hydrogen-bond acceptors (Lipinski definition) is 4. The lowest BCUT2D eigenvalue weighted by molar-refractivity contribution is 1.17. The molecule has 3 nitrogen and oxygen atoms in total. The molecule has 0 bridgehead atoms. The zero-order chi connectivity index (χ0) is 10.4. The lowest BCUT2D eigenvalue weighted by atomic mass is 10.3. The molecule has 1 N–H and O–H groups in total. The van der Waals surface area contributed by atoms with Crippen LogP contribution in [0.3, 0.4) is 0 Å².